The van der Waals surface area contributed by atoms with E-state index >= 15 is 0 Å². The molecule has 0 unspecified atom stereocenters. The summed E-state index contributed by atoms with van der Waals surface area (Å²) in [6, 6.07) is 9.31. The minimum absolute atomic E-state index is 0.0122. The van der Waals surface area contributed by atoms with Crippen LogP contribution in [-0.4, -0.2) is 11.3 Å². The SMILES string of the molecule is Oc1ccccc1/C=N/Nc1cc(C(F)(F)F)ccc1Cl. The number of anilines is 1. The maximum absolute atomic E-state index is 12.6. The maximum Gasteiger partial charge on any atom is 0.416 e. The molecule has 0 radical (unpaired) electrons. The minimum atomic E-state index is -4.46. The molecule has 110 valence electrons. The second-order valence-corrected chi connectivity index (χ2v) is 4.53. The van der Waals surface area contributed by atoms with Gasteiger partial charge in [0.25, 0.3) is 0 Å². The highest BCUT2D eigenvalue weighted by Crippen LogP contribution is 2.33. The smallest absolute Gasteiger partial charge is 0.416 e. The summed E-state index contributed by atoms with van der Waals surface area (Å²) in [5.41, 5.74) is 2.05. The fourth-order valence-electron chi connectivity index (χ4n) is 1.56. The highest BCUT2D eigenvalue weighted by molar-refractivity contribution is 6.33. The second kappa shape index (κ2) is 6.05. The Hall–Kier alpha value is -2.21. The van der Waals surface area contributed by atoms with Crippen molar-refractivity contribution in [3.63, 3.8) is 0 Å². The van der Waals surface area contributed by atoms with Gasteiger partial charge in [-0.25, -0.2) is 0 Å². The number of phenolic OH excluding ortho intramolecular Hbond substituents is 1. The fraction of sp³-hybridized carbons (Fsp3) is 0.0714. The summed E-state index contributed by atoms with van der Waals surface area (Å²) < 4.78 is 37.8. The number of hydrazone groups is 1. The van der Waals surface area contributed by atoms with Crippen molar-refractivity contribution in [3.05, 3.63) is 58.6 Å². The van der Waals surface area contributed by atoms with Crippen LogP contribution in [0.4, 0.5) is 18.9 Å². The zero-order valence-electron chi connectivity index (χ0n) is 10.5. The van der Waals surface area contributed by atoms with Crippen LogP contribution in [0.15, 0.2) is 47.6 Å². The third-order valence-corrected chi connectivity index (χ3v) is 2.95. The molecule has 0 aliphatic rings. The largest absolute Gasteiger partial charge is 0.507 e. The summed E-state index contributed by atoms with van der Waals surface area (Å²) in [7, 11) is 0. The molecule has 0 bridgehead atoms. The molecule has 2 aromatic rings. The van der Waals surface area contributed by atoms with Gasteiger partial charge in [0.2, 0.25) is 0 Å². The lowest BCUT2D eigenvalue weighted by molar-refractivity contribution is -0.137. The van der Waals surface area contributed by atoms with Crippen molar-refractivity contribution in [1.29, 1.82) is 0 Å². The lowest BCUT2D eigenvalue weighted by Gasteiger charge is -2.09. The van der Waals surface area contributed by atoms with Crippen LogP contribution in [0.1, 0.15) is 11.1 Å². The quantitative estimate of drug-likeness (QED) is 0.646. The van der Waals surface area contributed by atoms with Crippen molar-refractivity contribution in [2.45, 2.75) is 6.18 Å². The maximum atomic E-state index is 12.6. The third-order valence-electron chi connectivity index (χ3n) is 2.62. The molecule has 0 amide bonds. The lowest BCUT2D eigenvalue weighted by atomic mass is 10.2. The first-order chi connectivity index (χ1) is 9.88. The molecule has 21 heavy (non-hydrogen) atoms. The van der Waals surface area contributed by atoms with Crippen molar-refractivity contribution in [2.24, 2.45) is 5.10 Å². The topological polar surface area (TPSA) is 44.6 Å². The monoisotopic (exact) mass is 314 g/mol. The van der Waals surface area contributed by atoms with Gasteiger partial charge in [0, 0.05) is 5.56 Å². The predicted molar refractivity (Wildman–Crippen MR) is 75.8 cm³/mol. The number of benzene rings is 2. The van der Waals surface area contributed by atoms with Gasteiger partial charge in [-0.2, -0.15) is 18.3 Å². The van der Waals surface area contributed by atoms with Crippen LogP contribution < -0.4 is 5.43 Å². The number of halogens is 4. The molecule has 0 aliphatic heterocycles. The average Bonchev–Trinajstić information content (AvgIpc) is 2.41. The van der Waals surface area contributed by atoms with Crippen LogP contribution in [0.2, 0.25) is 5.02 Å². The first kappa shape index (κ1) is 15.2. The normalized spacial score (nSPS) is 11.8. The number of nitrogens with zero attached hydrogens (tertiary/aromatic N) is 1. The Kier molecular flexibility index (Phi) is 4.37. The zero-order chi connectivity index (χ0) is 15.5. The summed E-state index contributed by atoms with van der Waals surface area (Å²) >= 11 is 5.81. The highest BCUT2D eigenvalue weighted by Gasteiger charge is 2.30. The molecular weight excluding hydrogens is 305 g/mol. The molecule has 0 fully saturated rings. The number of hydrogen-bond donors (Lipinski definition) is 2. The van der Waals surface area contributed by atoms with Gasteiger partial charge in [-0.15, -0.1) is 0 Å². The van der Waals surface area contributed by atoms with E-state index in [9.17, 15) is 18.3 Å². The van der Waals surface area contributed by atoms with Gasteiger partial charge in [0.1, 0.15) is 5.75 Å². The van der Waals surface area contributed by atoms with Crippen LogP contribution in [0.25, 0.3) is 0 Å². The number of alkyl halides is 3. The number of phenols is 1. The summed E-state index contributed by atoms with van der Waals surface area (Å²) in [4.78, 5) is 0. The Morgan fingerprint density at radius 1 is 1.14 bits per heavy atom. The Morgan fingerprint density at radius 2 is 1.86 bits per heavy atom. The van der Waals surface area contributed by atoms with Crippen LogP contribution in [0.5, 0.6) is 5.75 Å². The van der Waals surface area contributed by atoms with Crippen LogP contribution >= 0.6 is 11.6 Å². The predicted octanol–water partition coefficient (Wildman–Crippen LogP) is 4.51. The van der Waals surface area contributed by atoms with Crippen molar-refractivity contribution in [3.8, 4) is 5.75 Å². The third kappa shape index (κ3) is 3.88. The Morgan fingerprint density at radius 3 is 2.52 bits per heavy atom. The number of para-hydroxylation sites is 1. The summed E-state index contributed by atoms with van der Waals surface area (Å²) in [6.07, 6.45) is -3.17. The molecule has 2 rings (SSSR count). The van der Waals surface area contributed by atoms with Crippen LogP contribution in [-0.2, 0) is 6.18 Å². The lowest BCUT2D eigenvalue weighted by Crippen LogP contribution is -2.05. The molecule has 0 atom stereocenters. The summed E-state index contributed by atoms with van der Waals surface area (Å²) in [6.45, 7) is 0. The molecule has 0 heterocycles. The Bertz CT molecular complexity index is 672. The number of aromatic hydroxyl groups is 1. The summed E-state index contributed by atoms with van der Waals surface area (Å²) in [5, 5.41) is 13.4. The molecule has 0 saturated carbocycles. The van der Waals surface area contributed by atoms with Gasteiger partial charge in [0.15, 0.2) is 0 Å². The molecule has 2 N–H and O–H groups in total. The minimum Gasteiger partial charge on any atom is -0.507 e. The molecule has 0 aromatic heterocycles. The van der Waals surface area contributed by atoms with E-state index in [0.29, 0.717) is 5.56 Å². The van der Waals surface area contributed by atoms with Gasteiger partial charge >= 0.3 is 6.18 Å². The van der Waals surface area contributed by atoms with Gasteiger partial charge in [-0.05, 0) is 30.3 Å². The highest BCUT2D eigenvalue weighted by atomic mass is 35.5. The van der Waals surface area contributed by atoms with E-state index in [0.717, 1.165) is 18.2 Å². The van der Waals surface area contributed by atoms with Gasteiger partial charge in [-0.3, -0.25) is 5.43 Å². The number of rotatable bonds is 3. The van der Waals surface area contributed by atoms with E-state index in [1.807, 2.05) is 0 Å². The molecule has 0 spiro atoms. The second-order valence-electron chi connectivity index (χ2n) is 4.12. The first-order valence-corrected chi connectivity index (χ1v) is 6.19. The van der Waals surface area contributed by atoms with Crippen LogP contribution in [0.3, 0.4) is 0 Å². The van der Waals surface area contributed by atoms with E-state index in [4.69, 9.17) is 11.6 Å². The molecule has 3 nitrogen and oxygen atoms in total. The van der Waals surface area contributed by atoms with Gasteiger partial charge in [-0.1, -0.05) is 23.7 Å². The first-order valence-electron chi connectivity index (χ1n) is 5.82. The molecule has 7 heteroatoms. The fourth-order valence-corrected chi connectivity index (χ4v) is 1.72. The Labute approximate surface area is 123 Å². The Balaban J connectivity index is 2.18. The van der Waals surface area contributed by atoms with E-state index < -0.39 is 11.7 Å². The van der Waals surface area contributed by atoms with Crippen molar-refractivity contribution < 1.29 is 18.3 Å². The molecule has 0 saturated heterocycles. The molecular formula is C14H10ClF3N2O. The van der Waals surface area contributed by atoms with Gasteiger partial charge < -0.3 is 5.11 Å². The number of nitrogens with one attached hydrogen (secondary N) is 1. The van der Waals surface area contributed by atoms with Gasteiger partial charge in [0.05, 0.1) is 22.5 Å². The van der Waals surface area contributed by atoms with Crippen LogP contribution in [0, 0.1) is 0 Å². The molecule has 2 aromatic carbocycles. The summed E-state index contributed by atoms with van der Waals surface area (Å²) in [5.74, 6) is 0.0122. The van der Waals surface area contributed by atoms with Crippen molar-refractivity contribution >= 4 is 23.5 Å². The van der Waals surface area contributed by atoms with E-state index in [2.05, 4.69) is 10.5 Å². The zero-order valence-corrected chi connectivity index (χ0v) is 11.3. The number of hydrogen-bond acceptors (Lipinski definition) is 3. The van der Waals surface area contributed by atoms with Crippen molar-refractivity contribution in [2.75, 3.05) is 5.43 Å². The van der Waals surface area contributed by atoms with Crippen molar-refractivity contribution in [1.82, 2.24) is 0 Å². The van der Waals surface area contributed by atoms with E-state index in [1.165, 1.54) is 12.3 Å². The average molecular weight is 315 g/mol. The molecule has 0 aliphatic carbocycles. The van der Waals surface area contributed by atoms with E-state index in [1.54, 1.807) is 18.2 Å². The van der Waals surface area contributed by atoms with E-state index in [-0.39, 0.29) is 16.5 Å². The standard InChI is InChI=1S/C14H10ClF3N2O/c15-11-6-5-10(14(16,17)18)7-12(11)20-19-8-9-3-1-2-4-13(9)21/h1-8,20-21H/b19-8+.